The van der Waals surface area contributed by atoms with E-state index in [9.17, 15) is 0 Å². The molecule has 0 saturated carbocycles. The Balaban J connectivity index is 0.000000810. The summed E-state index contributed by atoms with van der Waals surface area (Å²) >= 11 is 1.86. The number of aliphatic imine (C=N–C) groups is 1. The minimum absolute atomic E-state index is 0. The molecule has 1 N–H and O–H groups in total. The smallest absolute Gasteiger partial charge is 0.136 e. The van der Waals surface area contributed by atoms with Gasteiger partial charge in [-0.1, -0.05) is 0 Å². The van der Waals surface area contributed by atoms with Gasteiger partial charge in [-0.25, -0.2) is 4.68 Å². The number of rotatable bonds is 1. The van der Waals surface area contributed by atoms with Crippen molar-refractivity contribution < 1.29 is 0 Å². The van der Waals surface area contributed by atoms with Gasteiger partial charge in [-0.3, -0.25) is 4.99 Å². The quantitative estimate of drug-likeness (QED) is 0.864. The predicted octanol–water partition coefficient (Wildman–Crippen LogP) is 2.14. The molecule has 3 rings (SSSR count). The molecule has 1 fully saturated rings. The molecule has 1 aromatic heterocycles. The van der Waals surface area contributed by atoms with E-state index in [1.807, 2.05) is 18.0 Å². The Kier molecular flexibility index (Phi) is 6.49. The van der Waals surface area contributed by atoms with Gasteiger partial charge < -0.3 is 5.32 Å². The van der Waals surface area contributed by atoms with Crippen molar-refractivity contribution in [2.75, 3.05) is 24.7 Å². The number of thioether (sulfide) groups is 1. The average molecular weight is 309 g/mol. The molecule has 1 atom stereocenters. The Labute approximate surface area is 124 Å². The number of nitrogens with zero attached hydrogens (tertiary/aromatic N) is 3. The summed E-state index contributed by atoms with van der Waals surface area (Å²) in [5.74, 6) is 3.60. The van der Waals surface area contributed by atoms with Crippen LogP contribution in [0.1, 0.15) is 24.5 Å². The maximum absolute atomic E-state index is 4.49. The largest absolute Gasteiger partial charge is 0.316 e. The van der Waals surface area contributed by atoms with Crippen LogP contribution >= 0.6 is 36.6 Å². The molecule has 18 heavy (non-hydrogen) atoms. The van der Waals surface area contributed by atoms with Gasteiger partial charge in [0.2, 0.25) is 0 Å². The van der Waals surface area contributed by atoms with Crippen LogP contribution in [0.25, 0.3) is 0 Å². The summed E-state index contributed by atoms with van der Waals surface area (Å²) in [5.41, 5.74) is 1.33. The lowest BCUT2D eigenvalue weighted by molar-refractivity contribution is 0.449. The molecule has 7 heteroatoms. The van der Waals surface area contributed by atoms with Crippen LogP contribution in [0.4, 0.5) is 0 Å². The van der Waals surface area contributed by atoms with E-state index < -0.39 is 0 Å². The summed E-state index contributed by atoms with van der Waals surface area (Å²) in [5, 5.41) is 7.87. The Morgan fingerprint density at radius 2 is 2.28 bits per heavy atom. The maximum atomic E-state index is 4.49. The highest BCUT2D eigenvalue weighted by molar-refractivity contribution is 8.00. The summed E-state index contributed by atoms with van der Waals surface area (Å²) in [7, 11) is 0. The van der Waals surface area contributed by atoms with Crippen molar-refractivity contribution in [1.29, 1.82) is 0 Å². The molecule has 0 unspecified atom stereocenters. The number of aromatic nitrogens is 2. The third-order valence-electron chi connectivity index (χ3n) is 3.20. The Hall–Kier alpha value is -0.230. The van der Waals surface area contributed by atoms with Gasteiger partial charge in [-0.15, -0.1) is 36.6 Å². The summed E-state index contributed by atoms with van der Waals surface area (Å²) in [6, 6.07) is 2.14. The number of nitrogens with one attached hydrogen (secondary N) is 1. The van der Waals surface area contributed by atoms with Crippen molar-refractivity contribution in [3.05, 3.63) is 18.0 Å². The van der Waals surface area contributed by atoms with E-state index in [2.05, 4.69) is 26.2 Å². The second-order valence-electron chi connectivity index (χ2n) is 4.26. The van der Waals surface area contributed by atoms with Gasteiger partial charge in [-0.2, -0.15) is 5.10 Å². The monoisotopic (exact) mass is 308 g/mol. The second-order valence-corrected chi connectivity index (χ2v) is 5.22. The zero-order valence-corrected chi connectivity index (χ0v) is 12.5. The van der Waals surface area contributed by atoms with Gasteiger partial charge in [0, 0.05) is 18.7 Å². The van der Waals surface area contributed by atoms with Crippen molar-refractivity contribution >= 4 is 42.4 Å². The molecule has 1 aromatic rings. The Bertz CT molecular complexity index is 402. The van der Waals surface area contributed by atoms with E-state index in [-0.39, 0.29) is 24.8 Å². The second kappa shape index (κ2) is 7.38. The van der Waals surface area contributed by atoms with Crippen LogP contribution in [-0.4, -0.2) is 40.3 Å². The molecule has 102 valence electrons. The highest BCUT2D eigenvalue weighted by atomic mass is 35.5. The van der Waals surface area contributed by atoms with Gasteiger partial charge in [0.05, 0.1) is 17.3 Å². The highest BCUT2D eigenvalue weighted by Crippen LogP contribution is 2.24. The third-order valence-corrected chi connectivity index (χ3v) is 3.98. The number of hydrogen-bond donors (Lipinski definition) is 1. The van der Waals surface area contributed by atoms with E-state index in [1.54, 1.807) is 0 Å². The average Bonchev–Trinajstić information content (AvgIpc) is 3.01. The van der Waals surface area contributed by atoms with Crippen LogP contribution in [-0.2, 0) is 0 Å². The molecular weight excluding hydrogens is 291 g/mol. The van der Waals surface area contributed by atoms with Gasteiger partial charge in [0.25, 0.3) is 0 Å². The zero-order valence-electron chi connectivity index (χ0n) is 10.0. The van der Waals surface area contributed by atoms with E-state index in [1.165, 1.54) is 18.5 Å². The fraction of sp³-hybridized carbons (Fsp3) is 0.636. The molecule has 2 aliphatic rings. The minimum atomic E-state index is 0. The Morgan fingerprint density at radius 3 is 2.94 bits per heavy atom. The first-order chi connectivity index (χ1) is 7.95. The van der Waals surface area contributed by atoms with E-state index in [0.717, 1.165) is 30.6 Å². The molecule has 0 aromatic carbocycles. The Morgan fingerprint density at radius 1 is 1.39 bits per heavy atom. The van der Waals surface area contributed by atoms with Gasteiger partial charge in [0.1, 0.15) is 5.84 Å². The molecule has 0 aliphatic carbocycles. The van der Waals surface area contributed by atoms with Crippen LogP contribution < -0.4 is 5.32 Å². The molecule has 3 heterocycles. The van der Waals surface area contributed by atoms with Crippen LogP contribution in [0, 0.1) is 0 Å². The van der Waals surface area contributed by atoms with E-state index in [0.29, 0.717) is 5.92 Å². The van der Waals surface area contributed by atoms with Gasteiger partial charge in [0.15, 0.2) is 0 Å². The van der Waals surface area contributed by atoms with Crippen LogP contribution in [0.5, 0.6) is 0 Å². The molecule has 0 radical (unpaired) electrons. The summed E-state index contributed by atoms with van der Waals surface area (Å²) in [4.78, 5) is 4.49. The molecule has 2 aliphatic heterocycles. The molecule has 4 nitrogen and oxygen atoms in total. The molecular formula is C11H18Cl2N4S. The lowest BCUT2D eigenvalue weighted by Crippen LogP contribution is -2.31. The maximum Gasteiger partial charge on any atom is 0.136 e. The molecule has 0 spiro atoms. The molecule has 0 bridgehead atoms. The van der Waals surface area contributed by atoms with Crippen LogP contribution in [0.2, 0.25) is 0 Å². The topological polar surface area (TPSA) is 42.2 Å². The van der Waals surface area contributed by atoms with Crippen LogP contribution in [0.3, 0.4) is 0 Å². The van der Waals surface area contributed by atoms with Crippen molar-refractivity contribution in [3.8, 4) is 0 Å². The van der Waals surface area contributed by atoms with Crippen molar-refractivity contribution in [2.45, 2.75) is 18.8 Å². The standard InChI is InChI=1S/C11H16N4S.2ClH/c1-2-9(6-12-4-1)10-3-5-14-15(10)11-7-16-8-13-11;;/h3,5,9,12H,1-2,4,6-8H2;2*1H/t9-;;/m0../s1. The lowest BCUT2D eigenvalue weighted by Gasteiger charge is -2.23. The fourth-order valence-corrected chi connectivity index (χ4v) is 3.10. The summed E-state index contributed by atoms with van der Waals surface area (Å²) in [6.07, 6.45) is 4.42. The normalized spacial score (nSPS) is 22.9. The SMILES string of the molecule is Cl.Cl.c1cc([C@H]2CCCNC2)n(C2=NCSC2)n1. The van der Waals surface area contributed by atoms with E-state index >= 15 is 0 Å². The first-order valence-electron chi connectivity index (χ1n) is 5.81. The molecule has 0 amide bonds. The van der Waals surface area contributed by atoms with E-state index in [4.69, 9.17) is 0 Å². The van der Waals surface area contributed by atoms with Crippen molar-refractivity contribution in [3.63, 3.8) is 0 Å². The number of hydrogen-bond acceptors (Lipinski definition) is 4. The predicted molar refractivity (Wildman–Crippen MR) is 81.7 cm³/mol. The molecule has 1 saturated heterocycles. The van der Waals surface area contributed by atoms with Crippen molar-refractivity contribution in [1.82, 2.24) is 15.1 Å². The van der Waals surface area contributed by atoms with Gasteiger partial charge >= 0.3 is 0 Å². The summed E-state index contributed by atoms with van der Waals surface area (Å²) in [6.45, 7) is 2.23. The van der Waals surface area contributed by atoms with Crippen molar-refractivity contribution in [2.24, 2.45) is 4.99 Å². The number of halogens is 2. The third kappa shape index (κ3) is 3.20. The summed E-state index contributed by atoms with van der Waals surface area (Å²) < 4.78 is 2.05. The minimum Gasteiger partial charge on any atom is -0.316 e. The van der Waals surface area contributed by atoms with Gasteiger partial charge in [-0.05, 0) is 25.5 Å². The van der Waals surface area contributed by atoms with Crippen LogP contribution in [0.15, 0.2) is 17.3 Å². The fourth-order valence-electron chi connectivity index (χ4n) is 2.37. The first kappa shape index (κ1) is 15.8. The number of piperidine rings is 1. The zero-order chi connectivity index (χ0) is 10.8. The highest BCUT2D eigenvalue weighted by Gasteiger charge is 2.21. The first-order valence-corrected chi connectivity index (χ1v) is 6.97. The lowest BCUT2D eigenvalue weighted by atomic mass is 9.96.